The van der Waals surface area contributed by atoms with Crippen molar-refractivity contribution in [1.29, 1.82) is 0 Å². The van der Waals surface area contributed by atoms with Crippen LogP contribution in [0.1, 0.15) is 56.9 Å². The zero-order valence-electron chi connectivity index (χ0n) is 15.0. The van der Waals surface area contributed by atoms with Gasteiger partial charge in [0.2, 0.25) is 17.7 Å². The van der Waals surface area contributed by atoms with Crippen LogP contribution < -0.4 is 0 Å². The minimum absolute atomic E-state index is 0.0185. The van der Waals surface area contributed by atoms with E-state index >= 15 is 0 Å². The van der Waals surface area contributed by atoms with Gasteiger partial charge in [-0.25, -0.2) is 0 Å². The number of carbonyl (C=O) groups is 1. The van der Waals surface area contributed by atoms with E-state index in [1.807, 2.05) is 13.8 Å². The first-order chi connectivity index (χ1) is 12.1. The Balaban J connectivity index is 1.51. The summed E-state index contributed by atoms with van der Waals surface area (Å²) in [5.74, 6) is 1.19. The predicted molar refractivity (Wildman–Crippen MR) is 88.1 cm³/mol. The Labute approximate surface area is 147 Å². The lowest BCUT2D eigenvalue weighted by molar-refractivity contribution is -0.142. The lowest BCUT2D eigenvalue weighted by Crippen LogP contribution is -2.43. The highest BCUT2D eigenvalue weighted by atomic mass is 16.5. The van der Waals surface area contributed by atoms with Crippen molar-refractivity contribution in [3.8, 4) is 0 Å². The molecule has 3 rings (SSSR count). The van der Waals surface area contributed by atoms with Gasteiger partial charge in [0.25, 0.3) is 0 Å². The Bertz CT molecular complexity index is 556. The SMILES string of the molecule is CC(C)c1nnc([C@@H]2COCCN2C(=O)CCOC[C@@H]2CCCO2)o1. The van der Waals surface area contributed by atoms with Crippen LogP contribution in [0.2, 0.25) is 0 Å². The van der Waals surface area contributed by atoms with E-state index in [4.69, 9.17) is 18.6 Å². The molecule has 2 aliphatic heterocycles. The van der Waals surface area contributed by atoms with Gasteiger partial charge in [0.05, 0.1) is 39.0 Å². The molecule has 25 heavy (non-hydrogen) atoms. The van der Waals surface area contributed by atoms with Crippen molar-refractivity contribution in [3.63, 3.8) is 0 Å². The molecule has 8 nitrogen and oxygen atoms in total. The molecule has 1 aromatic heterocycles. The summed E-state index contributed by atoms with van der Waals surface area (Å²) < 4.78 is 22.3. The lowest BCUT2D eigenvalue weighted by atomic mass is 10.2. The Morgan fingerprint density at radius 3 is 2.96 bits per heavy atom. The first-order valence-corrected chi connectivity index (χ1v) is 9.05. The highest BCUT2D eigenvalue weighted by Gasteiger charge is 2.32. The molecule has 1 aromatic rings. The smallest absolute Gasteiger partial charge is 0.241 e. The van der Waals surface area contributed by atoms with E-state index in [0.29, 0.717) is 51.2 Å². The summed E-state index contributed by atoms with van der Waals surface area (Å²) in [5.41, 5.74) is 0. The van der Waals surface area contributed by atoms with Crippen molar-refractivity contribution in [2.75, 3.05) is 39.6 Å². The van der Waals surface area contributed by atoms with Crippen LogP contribution in [0.25, 0.3) is 0 Å². The molecule has 0 N–H and O–H groups in total. The summed E-state index contributed by atoms with van der Waals surface area (Å²) in [6.45, 7) is 7.16. The summed E-state index contributed by atoms with van der Waals surface area (Å²) >= 11 is 0. The fraction of sp³-hybridized carbons (Fsp3) is 0.824. The summed E-state index contributed by atoms with van der Waals surface area (Å²) in [7, 11) is 0. The lowest BCUT2D eigenvalue weighted by Gasteiger charge is -2.33. The van der Waals surface area contributed by atoms with Crippen molar-refractivity contribution in [3.05, 3.63) is 11.8 Å². The second kappa shape index (κ2) is 8.73. The Hall–Kier alpha value is -1.51. The van der Waals surface area contributed by atoms with Crippen molar-refractivity contribution in [2.45, 2.75) is 51.2 Å². The third-order valence-corrected chi connectivity index (χ3v) is 4.47. The van der Waals surface area contributed by atoms with E-state index in [0.717, 1.165) is 19.4 Å². The van der Waals surface area contributed by atoms with E-state index in [1.54, 1.807) is 4.90 Å². The number of aromatic nitrogens is 2. The maximum atomic E-state index is 12.6. The van der Waals surface area contributed by atoms with Crippen molar-refractivity contribution in [1.82, 2.24) is 15.1 Å². The van der Waals surface area contributed by atoms with Gasteiger partial charge >= 0.3 is 0 Å². The minimum atomic E-state index is -0.320. The first-order valence-electron chi connectivity index (χ1n) is 9.05. The van der Waals surface area contributed by atoms with Crippen molar-refractivity contribution < 1.29 is 23.4 Å². The van der Waals surface area contributed by atoms with E-state index in [2.05, 4.69) is 10.2 Å². The van der Waals surface area contributed by atoms with E-state index in [-0.39, 0.29) is 24.0 Å². The highest BCUT2D eigenvalue weighted by Crippen LogP contribution is 2.25. The zero-order chi connectivity index (χ0) is 17.6. The molecule has 0 bridgehead atoms. The molecular weight excluding hydrogens is 326 g/mol. The molecule has 0 spiro atoms. The Kier molecular flexibility index (Phi) is 6.39. The third-order valence-electron chi connectivity index (χ3n) is 4.47. The van der Waals surface area contributed by atoms with Gasteiger partial charge in [-0.2, -0.15) is 0 Å². The first kappa shape index (κ1) is 18.3. The number of carbonyl (C=O) groups excluding carboxylic acids is 1. The molecule has 2 aliphatic rings. The second-order valence-corrected chi connectivity index (χ2v) is 6.77. The molecule has 0 saturated carbocycles. The van der Waals surface area contributed by atoms with Crippen LogP contribution >= 0.6 is 0 Å². The molecule has 140 valence electrons. The van der Waals surface area contributed by atoms with Gasteiger partial charge in [0, 0.05) is 19.1 Å². The molecule has 0 aliphatic carbocycles. The summed E-state index contributed by atoms with van der Waals surface area (Å²) in [5, 5.41) is 8.16. The summed E-state index contributed by atoms with van der Waals surface area (Å²) in [6, 6.07) is -0.320. The van der Waals surface area contributed by atoms with Crippen LogP contribution in [0.15, 0.2) is 4.42 Å². The van der Waals surface area contributed by atoms with Crippen LogP contribution in [0, 0.1) is 0 Å². The topological polar surface area (TPSA) is 86.9 Å². The monoisotopic (exact) mass is 353 g/mol. The van der Waals surface area contributed by atoms with Gasteiger partial charge in [0.15, 0.2) is 0 Å². The Morgan fingerprint density at radius 1 is 1.36 bits per heavy atom. The molecule has 8 heteroatoms. The number of hydrogen-bond acceptors (Lipinski definition) is 7. The molecule has 1 amide bonds. The van der Waals surface area contributed by atoms with Gasteiger partial charge in [-0.3, -0.25) is 4.79 Å². The third kappa shape index (κ3) is 4.77. The van der Waals surface area contributed by atoms with Crippen LogP contribution in [0.4, 0.5) is 0 Å². The van der Waals surface area contributed by atoms with E-state index in [9.17, 15) is 4.79 Å². The van der Waals surface area contributed by atoms with Crippen molar-refractivity contribution >= 4 is 5.91 Å². The van der Waals surface area contributed by atoms with Crippen LogP contribution in [-0.4, -0.2) is 66.7 Å². The van der Waals surface area contributed by atoms with Crippen LogP contribution in [-0.2, 0) is 19.0 Å². The average molecular weight is 353 g/mol. The number of morpholine rings is 1. The molecule has 0 aromatic carbocycles. The largest absolute Gasteiger partial charge is 0.423 e. The number of ether oxygens (including phenoxy) is 3. The van der Waals surface area contributed by atoms with Gasteiger partial charge in [-0.15, -0.1) is 10.2 Å². The standard InChI is InChI=1S/C17H27N3O5/c1-12(2)16-18-19-17(25-16)14-11-23-9-6-20(14)15(21)5-8-22-10-13-4-3-7-24-13/h12-14H,3-11H2,1-2H3/t13-,14-/m0/s1. The second-order valence-electron chi connectivity index (χ2n) is 6.77. The average Bonchev–Trinajstić information content (AvgIpc) is 3.30. The molecule has 2 atom stereocenters. The molecule has 2 saturated heterocycles. The van der Waals surface area contributed by atoms with E-state index < -0.39 is 0 Å². The fourth-order valence-electron chi connectivity index (χ4n) is 3.01. The van der Waals surface area contributed by atoms with Crippen molar-refractivity contribution in [2.24, 2.45) is 0 Å². The molecule has 2 fully saturated rings. The van der Waals surface area contributed by atoms with Gasteiger partial charge in [0.1, 0.15) is 6.04 Å². The van der Waals surface area contributed by atoms with Gasteiger partial charge in [-0.05, 0) is 12.8 Å². The maximum Gasteiger partial charge on any atom is 0.241 e. The van der Waals surface area contributed by atoms with Crippen LogP contribution in [0.5, 0.6) is 0 Å². The zero-order valence-corrected chi connectivity index (χ0v) is 15.0. The predicted octanol–water partition coefficient (Wildman–Crippen LogP) is 1.68. The van der Waals surface area contributed by atoms with Crippen LogP contribution in [0.3, 0.4) is 0 Å². The maximum absolute atomic E-state index is 12.6. The fourth-order valence-corrected chi connectivity index (χ4v) is 3.01. The number of amides is 1. The highest BCUT2D eigenvalue weighted by molar-refractivity contribution is 5.76. The minimum Gasteiger partial charge on any atom is -0.423 e. The Morgan fingerprint density at radius 2 is 2.24 bits per heavy atom. The summed E-state index contributed by atoms with van der Waals surface area (Å²) in [6.07, 6.45) is 2.63. The van der Waals surface area contributed by atoms with Gasteiger partial charge < -0.3 is 23.5 Å². The molecule has 0 radical (unpaired) electrons. The molecular formula is C17H27N3O5. The normalized spacial score (nSPS) is 24.2. The number of hydrogen-bond donors (Lipinski definition) is 0. The number of rotatable bonds is 7. The number of nitrogens with zero attached hydrogens (tertiary/aromatic N) is 3. The van der Waals surface area contributed by atoms with E-state index in [1.165, 1.54) is 0 Å². The molecule has 3 heterocycles. The summed E-state index contributed by atoms with van der Waals surface area (Å²) in [4.78, 5) is 14.3. The molecule has 0 unspecified atom stereocenters. The van der Waals surface area contributed by atoms with Gasteiger partial charge in [-0.1, -0.05) is 13.8 Å². The quantitative estimate of drug-likeness (QED) is 0.689.